The molecule has 0 radical (unpaired) electrons. The normalized spacial score (nSPS) is 11.5. The molecule has 1 atom stereocenters. The number of methoxy groups -OCH3 is 1. The zero-order valence-electron chi connectivity index (χ0n) is 19.7. The Hall–Kier alpha value is -2.43. The van der Waals surface area contributed by atoms with Gasteiger partial charge in [0.1, 0.15) is 0 Å². The molecule has 0 bridgehead atoms. The predicted octanol–water partition coefficient (Wildman–Crippen LogP) is 6.14. The van der Waals surface area contributed by atoms with Crippen molar-refractivity contribution in [3.63, 3.8) is 0 Å². The summed E-state index contributed by atoms with van der Waals surface area (Å²) >= 11 is 0. The van der Waals surface area contributed by atoms with Crippen LogP contribution in [0.15, 0.2) is 24.8 Å². The lowest BCUT2D eigenvalue weighted by molar-refractivity contribution is 0.397. The van der Waals surface area contributed by atoms with Crippen LogP contribution in [-0.2, 0) is 0 Å². The molecule has 0 aromatic carbocycles. The van der Waals surface area contributed by atoms with Gasteiger partial charge in [0, 0.05) is 25.2 Å². The lowest BCUT2D eigenvalue weighted by Crippen LogP contribution is -2.22. The summed E-state index contributed by atoms with van der Waals surface area (Å²) in [6.07, 6.45) is 2.89. The van der Waals surface area contributed by atoms with E-state index in [0.717, 1.165) is 40.6 Å². The first kappa shape index (κ1) is 24.6. The number of nitrogens with zero attached hydrogens (tertiary/aromatic N) is 4. The second-order valence-electron chi connectivity index (χ2n) is 7.29. The topological polar surface area (TPSA) is 51.1 Å². The molecule has 5 nitrogen and oxygen atoms in total. The molecule has 0 fully saturated rings. The number of hydrogen-bond donors (Lipinski definition) is 0. The molecule has 1 unspecified atom stereocenters. The van der Waals surface area contributed by atoms with Crippen LogP contribution in [0, 0.1) is 6.92 Å². The fourth-order valence-electron chi connectivity index (χ4n) is 2.98. The highest BCUT2D eigenvalue weighted by atomic mass is 16.5. The van der Waals surface area contributed by atoms with Gasteiger partial charge in [-0.3, -0.25) is 4.98 Å². The van der Waals surface area contributed by atoms with Crippen LogP contribution < -0.4 is 9.64 Å². The Kier molecular flexibility index (Phi) is 9.79. The van der Waals surface area contributed by atoms with Crippen molar-refractivity contribution in [1.29, 1.82) is 0 Å². The third-order valence-corrected chi connectivity index (χ3v) is 4.84. The number of rotatable bonds is 8. The standard InChI is InChI=1S/C22H32N4O.C2H6/c1-9-13-26(7)21-19(15(5)10-2)23-16(6)20(25-21)17-11-12-18(14(3)4)24-22(17)27-8;1-2/h9,11-12,14-15H,1,10,13H2,2-8H3;1-2H3. The molecule has 0 spiro atoms. The minimum absolute atomic E-state index is 0.329. The van der Waals surface area contributed by atoms with Crippen LogP contribution >= 0.6 is 0 Å². The first-order valence-corrected chi connectivity index (χ1v) is 10.6. The Labute approximate surface area is 177 Å². The number of pyridine rings is 1. The van der Waals surface area contributed by atoms with Gasteiger partial charge in [-0.2, -0.15) is 0 Å². The second-order valence-corrected chi connectivity index (χ2v) is 7.29. The zero-order chi connectivity index (χ0) is 22.1. The highest BCUT2D eigenvalue weighted by Crippen LogP contribution is 2.34. The van der Waals surface area contributed by atoms with Crippen LogP contribution in [0.4, 0.5) is 5.82 Å². The van der Waals surface area contributed by atoms with Crippen molar-refractivity contribution in [2.24, 2.45) is 0 Å². The molecule has 2 aromatic heterocycles. The Morgan fingerprint density at radius 1 is 1.14 bits per heavy atom. The highest BCUT2D eigenvalue weighted by molar-refractivity contribution is 5.69. The summed E-state index contributed by atoms with van der Waals surface area (Å²) in [5.74, 6) is 2.14. The Bertz CT molecular complexity index is 802. The summed E-state index contributed by atoms with van der Waals surface area (Å²) in [4.78, 5) is 16.7. The third-order valence-electron chi connectivity index (χ3n) is 4.84. The van der Waals surface area contributed by atoms with Crippen molar-refractivity contribution in [3.8, 4) is 17.1 Å². The Morgan fingerprint density at radius 2 is 1.79 bits per heavy atom. The first-order chi connectivity index (χ1) is 13.8. The van der Waals surface area contributed by atoms with E-state index in [1.807, 2.05) is 46.0 Å². The van der Waals surface area contributed by atoms with E-state index in [1.165, 1.54) is 0 Å². The van der Waals surface area contributed by atoms with Crippen molar-refractivity contribution >= 4 is 5.82 Å². The Morgan fingerprint density at radius 3 is 2.31 bits per heavy atom. The molecular weight excluding hydrogens is 360 g/mol. The van der Waals surface area contributed by atoms with Gasteiger partial charge in [0.05, 0.1) is 29.8 Å². The molecule has 2 rings (SSSR count). The van der Waals surface area contributed by atoms with E-state index >= 15 is 0 Å². The number of aromatic nitrogens is 3. The van der Waals surface area contributed by atoms with E-state index < -0.39 is 0 Å². The first-order valence-electron chi connectivity index (χ1n) is 10.6. The van der Waals surface area contributed by atoms with Crippen LogP contribution in [0.2, 0.25) is 0 Å². The molecule has 0 aliphatic carbocycles. The van der Waals surface area contributed by atoms with Gasteiger partial charge < -0.3 is 9.64 Å². The van der Waals surface area contributed by atoms with Crippen LogP contribution in [0.25, 0.3) is 11.3 Å². The smallest absolute Gasteiger partial charge is 0.222 e. The van der Waals surface area contributed by atoms with Crippen LogP contribution in [0.5, 0.6) is 5.88 Å². The van der Waals surface area contributed by atoms with Crippen molar-refractivity contribution in [2.75, 3.05) is 25.6 Å². The lowest BCUT2D eigenvalue weighted by atomic mass is 10.0. The van der Waals surface area contributed by atoms with Gasteiger partial charge in [-0.1, -0.05) is 47.6 Å². The van der Waals surface area contributed by atoms with Crippen molar-refractivity contribution in [3.05, 3.63) is 41.9 Å². The monoisotopic (exact) mass is 398 g/mol. The molecule has 0 amide bonds. The minimum Gasteiger partial charge on any atom is -0.480 e. The van der Waals surface area contributed by atoms with Gasteiger partial charge >= 0.3 is 0 Å². The SMILES string of the molecule is C=CCN(C)c1nc(-c2ccc(C(C)C)nc2OC)c(C)nc1C(C)CC.CC. The van der Waals surface area contributed by atoms with Gasteiger partial charge in [-0.25, -0.2) is 9.97 Å². The summed E-state index contributed by atoms with van der Waals surface area (Å²) in [5.41, 5.74) is 4.59. The molecule has 0 N–H and O–H groups in total. The van der Waals surface area contributed by atoms with E-state index in [2.05, 4.69) is 44.2 Å². The maximum atomic E-state index is 5.58. The minimum atomic E-state index is 0.329. The number of anilines is 1. The summed E-state index contributed by atoms with van der Waals surface area (Å²) < 4.78 is 5.58. The van der Waals surface area contributed by atoms with Gasteiger partial charge in [0.2, 0.25) is 5.88 Å². The molecule has 2 aromatic rings. The quantitative estimate of drug-likeness (QED) is 0.500. The van der Waals surface area contributed by atoms with Crippen molar-refractivity contribution < 1.29 is 4.74 Å². The van der Waals surface area contributed by atoms with Crippen molar-refractivity contribution in [1.82, 2.24) is 15.0 Å². The largest absolute Gasteiger partial charge is 0.480 e. The summed E-state index contributed by atoms with van der Waals surface area (Å²) in [6, 6.07) is 4.08. The third kappa shape index (κ3) is 5.78. The molecule has 5 heteroatoms. The molecule has 0 saturated heterocycles. The zero-order valence-corrected chi connectivity index (χ0v) is 19.7. The Balaban J connectivity index is 0.00000204. The lowest BCUT2D eigenvalue weighted by Gasteiger charge is -2.23. The fourth-order valence-corrected chi connectivity index (χ4v) is 2.98. The number of hydrogen-bond acceptors (Lipinski definition) is 5. The molecule has 0 aliphatic heterocycles. The number of aryl methyl sites for hydroxylation is 1. The second kappa shape index (κ2) is 11.5. The molecule has 2 heterocycles. The molecular formula is C24H38N4O. The van der Waals surface area contributed by atoms with Gasteiger partial charge in [0.25, 0.3) is 0 Å². The summed E-state index contributed by atoms with van der Waals surface area (Å²) in [5, 5.41) is 0. The van der Waals surface area contributed by atoms with Crippen LogP contribution in [0.1, 0.15) is 76.9 Å². The van der Waals surface area contributed by atoms with Crippen LogP contribution in [0.3, 0.4) is 0 Å². The maximum absolute atomic E-state index is 5.58. The molecule has 0 saturated carbocycles. The van der Waals surface area contributed by atoms with Crippen LogP contribution in [-0.4, -0.2) is 35.7 Å². The molecule has 160 valence electrons. The summed E-state index contributed by atoms with van der Waals surface area (Å²) in [7, 11) is 3.67. The average molecular weight is 399 g/mol. The fraction of sp³-hybridized carbons (Fsp3) is 0.542. The predicted molar refractivity (Wildman–Crippen MR) is 124 cm³/mol. The van der Waals surface area contributed by atoms with Gasteiger partial charge in [0.15, 0.2) is 5.82 Å². The highest BCUT2D eigenvalue weighted by Gasteiger charge is 2.21. The van der Waals surface area contributed by atoms with Crippen molar-refractivity contribution in [2.45, 2.75) is 66.7 Å². The average Bonchev–Trinajstić information content (AvgIpc) is 2.74. The number of ether oxygens (including phenoxy) is 1. The molecule has 29 heavy (non-hydrogen) atoms. The van der Waals surface area contributed by atoms with Gasteiger partial charge in [-0.15, -0.1) is 6.58 Å². The number of likely N-dealkylation sites (N-methyl/N-ethyl adjacent to an activating group) is 1. The van der Waals surface area contributed by atoms with E-state index in [4.69, 9.17) is 14.7 Å². The molecule has 0 aliphatic rings. The maximum Gasteiger partial charge on any atom is 0.222 e. The van der Waals surface area contributed by atoms with E-state index in [-0.39, 0.29) is 0 Å². The van der Waals surface area contributed by atoms with E-state index in [9.17, 15) is 0 Å². The summed E-state index contributed by atoms with van der Waals surface area (Å²) in [6.45, 7) is 19.2. The van der Waals surface area contributed by atoms with E-state index in [0.29, 0.717) is 24.3 Å². The van der Waals surface area contributed by atoms with Gasteiger partial charge in [-0.05, 0) is 31.4 Å². The van der Waals surface area contributed by atoms with E-state index in [1.54, 1.807) is 7.11 Å².